The van der Waals surface area contributed by atoms with E-state index in [0.29, 0.717) is 26.1 Å². The summed E-state index contributed by atoms with van der Waals surface area (Å²) >= 11 is 0. The van der Waals surface area contributed by atoms with Gasteiger partial charge in [-0.3, -0.25) is 4.79 Å². The molecule has 0 bridgehead atoms. The molecule has 1 aliphatic heterocycles. The lowest BCUT2D eigenvalue weighted by Crippen LogP contribution is -2.30. The third-order valence-corrected chi connectivity index (χ3v) is 3.48. The second-order valence-electron chi connectivity index (χ2n) is 5.10. The molecule has 0 saturated carbocycles. The third kappa shape index (κ3) is 4.94. The summed E-state index contributed by atoms with van der Waals surface area (Å²) in [5.41, 5.74) is 1.14. The van der Waals surface area contributed by atoms with Crippen molar-refractivity contribution in [3.63, 3.8) is 0 Å². The van der Waals surface area contributed by atoms with Crippen LogP contribution in [0.3, 0.4) is 0 Å². The molecule has 1 aliphatic rings. The second kappa shape index (κ2) is 8.02. The van der Waals surface area contributed by atoms with Gasteiger partial charge in [0.25, 0.3) is 0 Å². The van der Waals surface area contributed by atoms with E-state index in [0.717, 1.165) is 18.4 Å². The molecule has 0 aliphatic carbocycles. The summed E-state index contributed by atoms with van der Waals surface area (Å²) < 4.78 is 16.4. The predicted octanol–water partition coefficient (Wildman–Crippen LogP) is 2.70. The second-order valence-corrected chi connectivity index (χ2v) is 5.10. The van der Waals surface area contributed by atoms with Gasteiger partial charge in [-0.15, -0.1) is 0 Å². The molecule has 1 fully saturated rings. The van der Waals surface area contributed by atoms with Crippen LogP contribution in [0.25, 0.3) is 0 Å². The van der Waals surface area contributed by atoms with E-state index in [2.05, 4.69) is 0 Å². The average Bonchev–Trinajstić information content (AvgIpc) is 2.47. The van der Waals surface area contributed by atoms with Gasteiger partial charge in [0.1, 0.15) is 6.10 Å². The molecule has 0 unspecified atom stereocenters. The van der Waals surface area contributed by atoms with E-state index in [1.165, 1.54) is 0 Å². The van der Waals surface area contributed by atoms with Crippen LogP contribution in [-0.2, 0) is 25.6 Å². The minimum Gasteiger partial charge on any atom is -0.462 e. The van der Waals surface area contributed by atoms with E-state index in [-0.39, 0.29) is 18.2 Å². The molecule has 0 amide bonds. The van der Waals surface area contributed by atoms with Crippen molar-refractivity contribution in [2.75, 3.05) is 13.7 Å². The highest BCUT2D eigenvalue weighted by Crippen LogP contribution is 2.19. The average molecular weight is 278 g/mol. The molecule has 2 rings (SSSR count). The Morgan fingerprint density at radius 3 is 2.85 bits per heavy atom. The van der Waals surface area contributed by atoms with Crippen molar-refractivity contribution < 1.29 is 19.0 Å². The molecule has 4 nitrogen and oxygen atoms in total. The van der Waals surface area contributed by atoms with E-state index >= 15 is 0 Å². The maximum absolute atomic E-state index is 11.2. The van der Waals surface area contributed by atoms with Crippen LogP contribution >= 0.6 is 0 Å². The fourth-order valence-electron chi connectivity index (χ4n) is 2.35. The molecular formula is C16H22O4. The van der Waals surface area contributed by atoms with Crippen molar-refractivity contribution in [2.45, 2.75) is 44.5 Å². The summed E-state index contributed by atoms with van der Waals surface area (Å²) in [6, 6.07) is 10.0. The smallest absolute Gasteiger partial charge is 0.306 e. The first-order chi connectivity index (χ1) is 9.78. The van der Waals surface area contributed by atoms with Crippen LogP contribution in [0.4, 0.5) is 0 Å². The number of esters is 1. The number of rotatable bonds is 7. The van der Waals surface area contributed by atoms with Gasteiger partial charge in [0.05, 0.1) is 19.3 Å². The van der Waals surface area contributed by atoms with Gasteiger partial charge in [-0.25, -0.2) is 0 Å². The topological polar surface area (TPSA) is 44.8 Å². The lowest BCUT2D eigenvalue weighted by atomic mass is 10.0. The molecule has 0 spiro atoms. The predicted molar refractivity (Wildman–Crippen MR) is 75.2 cm³/mol. The fourth-order valence-corrected chi connectivity index (χ4v) is 2.35. The molecule has 2 atom stereocenters. The first-order valence-electron chi connectivity index (χ1n) is 7.12. The quantitative estimate of drug-likeness (QED) is 0.719. The van der Waals surface area contributed by atoms with Gasteiger partial charge in [-0.05, 0) is 18.4 Å². The molecule has 1 saturated heterocycles. The molecule has 4 heteroatoms. The van der Waals surface area contributed by atoms with Crippen LogP contribution in [-0.4, -0.2) is 31.9 Å². The van der Waals surface area contributed by atoms with Crippen molar-refractivity contribution >= 4 is 5.97 Å². The maximum Gasteiger partial charge on any atom is 0.306 e. The Labute approximate surface area is 120 Å². The maximum atomic E-state index is 11.2. The Morgan fingerprint density at radius 2 is 2.15 bits per heavy atom. The number of cyclic esters (lactones) is 1. The van der Waals surface area contributed by atoms with Gasteiger partial charge in [0.2, 0.25) is 0 Å². The monoisotopic (exact) mass is 278 g/mol. The summed E-state index contributed by atoms with van der Waals surface area (Å²) in [4.78, 5) is 11.2. The van der Waals surface area contributed by atoms with Crippen LogP contribution in [0.1, 0.15) is 31.2 Å². The van der Waals surface area contributed by atoms with Crippen LogP contribution in [0.15, 0.2) is 30.3 Å². The molecule has 0 radical (unpaired) electrons. The van der Waals surface area contributed by atoms with E-state index in [1.807, 2.05) is 30.3 Å². The minimum atomic E-state index is -0.0960. The number of methoxy groups -OCH3 is 1. The molecule has 110 valence electrons. The molecule has 1 aromatic carbocycles. The van der Waals surface area contributed by atoms with Gasteiger partial charge in [-0.2, -0.15) is 0 Å². The molecule has 0 aromatic heterocycles. The van der Waals surface area contributed by atoms with Crippen LogP contribution < -0.4 is 0 Å². The summed E-state index contributed by atoms with van der Waals surface area (Å²) in [6.45, 7) is 1.09. The zero-order chi connectivity index (χ0) is 14.2. The van der Waals surface area contributed by atoms with Crippen molar-refractivity contribution in [3.05, 3.63) is 35.9 Å². The molecule has 20 heavy (non-hydrogen) atoms. The summed E-state index contributed by atoms with van der Waals surface area (Å²) in [5, 5.41) is 0. The fraction of sp³-hybridized carbons (Fsp3) is 0.562. The number of hydrogen-bond acceptors (Lipinski definition) is 4. The molecule has 1 heterocycles. The van der Waals surface area contributed by atoms with E-state index in [4.69, 9.17) is 14.2 Å². The highest BCUT2D eigenvalue weighted by molar-refractivity contribution is 5.70. The zero-order valence-corrected chi connectivity index (χ0v) is 11.9. The number of ether oxygens (including phenoxy) is 3. The highest BCUT2D eigenvalue weighted by atomic mass is 16.6. The SMILES string of the molecule is CO[C@H](COCc1ccccc1)C[C@@H]1CCCC(=O)O1. The first-order valence-corrected chi connectivity index (χ1v) is 7.12. The Morgan fingerprint density at radius 1 is 1.35 bits per heavy atom. The molecular weight excluding hydrogens is 256 g/mol. The lowest BCUT2D eigenvalue weighted by molar-refractivity contribution is -0.156. The summed E-state index contributed by atoms with van der Waals surface area (Å²) in [5.74, 6) is -0.0960. The summed E-state index contributed by atoms with van der Waals surface area (Å²) in [6.07, 6.45) is 3.02. The van der Waals surface area contributed by atoms with Gasteiger partial charge in [-0.1, -0.05) is 30.3 Å². The standard InChI is InChI=1S/C16H22O4/c1-18-15(10-14-8-5-9-16(17)20-14)12-19-11-13-6-3-2-4-7-13/h2-4,6-7,14-15H,5,8-12H2,1H3/t14-,15-/m0/s1. The van der Waals surface area contributed by atoms with Crippen molar-refractivity contribution in [3.8, 4) is 0 Å². The van der Waals surface area contributed by atoms with Crippen molar-refractivity contribution in [1.29, 1.82) is 0 Å². The normalized spacial score (nSPS) is 20.4. The largest absolute Gasteiger partial charge is 0.462 e. The van der Waals surface area contributed by atoms with E-state index in [1.54, 1.807) is 7.11 Å². The first kappa shape index (κ1) is 15.0. The Kier molecular flexibility index (Phi) is 6.02. The number of carbonyl (C=O) groups is 1. The Hall–Kier alpha value is -1.39. The van der Waals surface area contributed by atoms with Crippen molar-refractivity contribution in [2.24, 2.45) is 0 Å². The van der Waals surface area contributed by atoms with Crippen LogP contribution in [0, 0.1) is 0 Å². The van der Waals surface area contributed by atoms with Gasteiger partial charge in [0, 0.05) is 20.0 Å². The third-order valence-electron chi connectivity index (χ3n) is 3.48. The molecule has 1 aromatic rings. The lowest BCUT2D eigenvalue weighted by Gasteiger charge is -2.25. The van der Waals surface area contributed by atoms with E-state index < -0.39 is 0 Å². The van der Waals surface area contributed by atoms with Gasteiger partial charge < -0.3 is 14.2 Å². The zero-order valence-electron chi connectivity index (χ0n) is 11.9. The van der Waals surface area contributed by atoms with Gasteiger partial charge >= 0.3 is 5.97 Å². The van der Waals surface area contributed by atoms with Crippen LogP contribution in [0.5, 0.6) is 0 Å². The highest BCUT2D eigenvalue weighted by Gasteiger charge is 2.23. The van der Waals surface area contributed by atoms with Crippen LogP contribution in [0.2, 0.25) is 0 Å². The van der Waals surface area contributed by atoms with E-state index in [9.17, 15) is 4.79 Å². The Bertz CT molecular complexity index is 404. The minimum absolute atomic E-state index is 0.0264. The summed E-state index contributed by atoms with van der Waals surface area (Å²) in [7, 11) is 1.67. The molecule has 0 N–H and O–H groups in total. The van der Waals surface area contributed by atoms with Crippen molar-refractivity contribution in [1.82, 2.24) is 0 Å². The number of hydrogen-bond donors (Lipinski definition) is 0. The number of benzene rings is 1. The number of carbonyl (C=O) groups excluding carboxylic acids is 1. The Balaban J connectivity index is 1.70. The van der Waals surface area contributed by atoms with Gasteiger partial charge in [0.15, 0.2) is 0 Å².